The van der Waals surface area contributed by atoms with Crippen LogP contribution >= 0.6 is 0 Å². The summed E-state index contributed by atoms with van der Waals surface area (Å²) in [5.74, 6) is -0.613. The molecule has 7 nitrogen and oxygen atoms in total. The van der Waals surface area contributed by atoms with Crippen LogP contribution in [0, 0.1) is 13.8 Å². The fourth-order valence-corrected chi connectivity index (χ4v) is 4.79. The van der Waals surface area contributed by atoms with Gasteiger partial charge in [-0.2, -0.15) is 0 Å². The minimum absolute atomic E-state index is 0.00585. The van der Waals surface area contributed by atoms with Crippen LogP contribution in [-0.2, 0) is 9.84 Å². The number of carboxylic acid groups (broad SMARTS) is 1. The van der Waals surface area contributed by atoms with Crippen LogP contribution in [0.2, 0.25) is 0 Å². The zero-order valence-corrected chi connectivity index (χ0v) is 17.6. The topological polar surface area (TPSA) is 106 Å². The van der Waals surface area contributed by atoms with E-state index in [9.17, 15) is 18.3 Å². The predicted molar refractivity (Wildman–Crippen MR) is 114 cm³/mol. The number of nitrogens with one attached hydrogen (secondary N) is 1. The van der Waals surface area contributed by atoms with Gasteiger partial charge in [-0.15, -0.1) is 0 Å². The van der Waals surface area contributed by atoms with Crippen LogP contribution in [0.4, 0.5) is 5.69 Å². The maximum atomic E-state index is 13.5. The number of aromatic nitrogens is 1. The second-order valence-electron chi connectivity index (χ2n) is 6.84. The van der Waals surface area contributed by atoms with E-state index in [0.717, 1.165) is 5.56 Å². The molecule has 0 fully saturated rings. The molecule has 0 aliphatic heterocycles. The van der Waals surface area contributed by atoms with E-state index in [1.807, 2.05) is 0 Å². The third-order valence-electron chi connectivity index (χ3n) is 4.67. The first-order valence-corrected chi connectivity index (χ1v) is 10.7. The highest BCUT2D eigenvalue weighted by Crippen LogP contribution is 2.34. The molecule has 1 atom stereocenters. The molecule has 0 spiro atoms. The van der Waals surface area contributed by atoms with E-state index in [0.29, 0.717) is 16.9 Å². The summed E-state index contributed by atoms with van der Waals surface area (Å²) in [5, 5.41) is 11.4. The van der Waals surface area contributed by atoms with Crippen molar-refractivity contribution in [2.75, 3.05) is 12.4 Å². The largest absolute Gasteiger partial charge is 0.497 e. The number of benzene rings is 2. The van der Waals surface area contributed by atoms with E-state index in [1.165, 1.54) is 31.5 Å². The van der Waals surface area contributed by atoms with Gasteiger partial charge < -0.3 is 15.2 Å². The van der Waals surface area contributed by atoms with Gasteiger partial charge in [0.1, 0.15) is 5.75 Å². The lowest BCUT2D eigenvalue weighted by molar-refractivity contribution is 0.0697. The van der Waals surface area contributed by atoms with Crippen LogP contribution in [0.15, 0.2) is 65.8 Å². The van der Waals surface area contributed by atoms with E-state index in [1.54, 1.807) is 50.4 Å². The maximum Gasteiger partial charge on any atom is 0.337 e. The highest BCUT2D eigenvalue weighted by molar-refractivity contribution is 7.91. The van der Waals surface area contributed by atoms with Gasteiger partial charge in [-0.3, -0.25) is 4.98 Å². The zero-order valence-electron chi connectivity index (χ0n) is 16.8. The van der Waals surface area contributed by atoms with E-state index in [-0.39, 0.29) is 16.1 Å². The number of aromatic carboxylic acids is 1. The molecule has 0 amide bonds. The predicted octanol–water partition coefficient (Wildman–Crippen LogP) is 3.99. The smallest absolute Gasteiger partial charge is 0.337 e. The molecular weight excluding hydrogens is 404 g/mol. The number of carbonyl (C=O) groups is 1. The number of ether oxygens (including phenoxy) is 1. The fraction of sp³-hybridized carbons (Fsp3) is 0.182. The first-order chi connectivity index (χ1) is 14.2. The van der Waals surface area contributed by atoms with Crippen molar-refractivity contribution in [2.45, 2.75) is 24.1 Å². The van der Waals surface area contributed by atoms with Crippen molar-refractivity contribution in [3.8, 4) is 5.75 Å². The van der Waals surface area contributed by atoms with Crippen molar-refractivity contribution >= 4 is 21.5 Å². The Morgan fingerprint density at radius 3 is 2.40 bits per heavy atom. The number of methoxy groups -OCH3 is 1. The summed E-state index contributed by atoms with van der Waals surface area (Å²) in [5.41, 5.74) is 2.05. The molecule has 0 bridgehead atoms. The molecule has 1 unspecified atom stereocenters. The molecule has 2 N–H and O–H groups in total. The van der Waals surface area contributed by atoms with Crippen molar-refractivity contribution < 1.29 is 23.1 Å². The van der Waals surface area contributed by atoms with E-state index < -0.39 is 21.2 Å². The number of sulfone groups is 1. The molecular formula is C22H22N2O5S. The molecule has 1 heterocycles. The van der Waals surface area contributed by atoms with E-state index in [4.69, 9.17) is 4.74 Å². The fourth-order valence-electron chi connectivity index (χ4n) is 3.23. The second kappa shape index (κ2) is 8.54. The molecule has 0 aliphatic carbocycles. The average Bonchev–Trinajstić information content (AvgIpc) is 2.73. The summed E-state index contributed by atoms with van der Waals surface area (Å²) in [6, 6.07) is 12.6. The highest BCUT2D eigenvalue weighted by atomic mass is 32.2. The lowest BCUT2D eigenvalue weighted by Crippen LogP contribution is -2.23. The quantitative estimate of drug-likeness (QED) is 0.588. The Hall–Kier alpha value is -3.39. The monoisotopic (exact) mass is 426 g/mol. The summed E-state index contributed by atoms with van der Waals surface area (Å²) in [6.45, 7) is 3.53. The van der Waals surface area contributed by atoms with Crippen molar-refractivity contribution in [1.82, 2.24) is 4.98 Å². The van der Waals surface area contributed by atoms with E-state index >= 15 is 0 Å². The zero-order chi connectivity index (χ0) is 21.9. The minimum atomic E-state index is -3.95. The van der Waals surface area contributed by atoms with Gasteiger partial charge in [0.2, 0.25) is 9.84 Å². The highest BCUT2D eigenvalue weighted by Gasteiger charge is 2.31. The third-order valence-corrected chi connectivity index (χ3v) is 6.61. The van der Waals surface area contributed by atoms with Gasteiger partial charge >= 0.3 is 5.97 Å². The van der Waals surface area contributed by atoms with Crippen LogP contribution in [-0.4, -0.2) is 31.6 Å². The van der Waals surface area contributed by atoms with Gasteiger partial charge in [0, 0.05) is 18.0 Å². The molecule has 0 saturated carbocycles. The normalized spacial score (nSPS) is 12.2. The molecule has 30 heavy (non-hydrogen) atoms. The Morgan fingerprint density at radius 2 is 1.83 bits per heavy atom. The Balaban J connectivity index is 2.15. The van der Waals surface area contributed by atoms with Crippen molar-refractivity contribution in [3.63, 3.8) is 0 Å². The Kier molecular flexibility index (Phi) is 6.07. The molecule has 3 rings (SSSR count). The molecule has 3 aromatic rings. The van der Waals surface area contributed by atoms with Gasteiger partial charge in [0.15, 0.2) is 5.37 Å². The van der Waals surface area contributed by atoms with E-state index in [2.05, 4.69) is 10.3 Å². The van der Waals surface area contributed by atoms with Crippen molar-refractivity contribution in [2.24, 2.45) is 0 Å². The number of hydrogen-bond donors (Lipinski definition) is 2. The Labute approximate surface area is 175 Å². The number of hydrogen-bond acceptors (Lipinski definition) is 6. The lowest BCUT2D eigenvalue weighted by Gasteiger charge is -2.23. The SMILES string of the molecule is COc1ccc(S(=O)(=O)C(Nc2c(C)cc(C)cc2C(=O)O)c2cccnc2)cc1. The van der Waals surface area contributed by atoms with Crippen LogP contribution in [0.1, 0.15) is 32.4 Å². The molecule has 8 heteroatoms. The number of nitrogens with zero attached hydrogens (tertiary/aromatic N) is 1. The van der Waals surface area contributed by atoms with Crippen LogP contribution < -0.4 is 10.1 Å². The van der Waals surface area contributed by atoms with Crippen LogP contribution in [0.25, 0.3) is 0 Å². The first kappa shape index (κ1) is 21.3. The van der Waals surface area contributed by atoms with Gasteiger partial charge in [-0.05, 0) is 61.4 Å². The number of rotatable bonds is 7. The second-order valence-corrected chi connectivity index (χ2v) is 8.87. The summed E-state index contributed by atoms with van der Waals surface area (Å²) in [6.07, 6.45) is 2.99. The van der Waals surface area contributed by atoms with Gasteiger partial charge in [-0.25, -0.2) is 13.2 Å². The minimum Gasteiger partial charge on any atom is -0.497 e. The van der Waals surface area contributed by atoms with Gasteiger partial charge in [-0.1, -0.05) is 12.1 Å². The van der Waals surface area contributed by atoms with Crippen molar-refractivity contribution in [1.29, 1.82) is 0 Å². The van der Waals surface area contributed by atoms with Crippen LogP contribution in [0.5, 0.6) is 5.75 Å². The molecule has 156 valence electrons. The maximum absolute atomic E-state index is 13.5. The van der Waals surface area contributed by atoms with Gasteiger partial charge in [0.05, 0.1) is 23.3 Å². The standard InChI is InChI=1S/C22H22N2O5S/c1-14-11-15(2)20(19(12-14)22(25)26)24-21(16-5-4-10-23-13-16)30(27,28)18-8-6-17(29-3)7-9-18/h4-13,21,24H,1-3H3,(H,25,26). The molecule has 0 radical (unpaired) electrons. The number of anilines is 1. The number of aryl methyl sites for hydroxylation is 2. The lowest BCUT2D eigenvalue weighted by atomic mass is 10.0. The molecule has 0 saturated heterocycles. The summed E-state index contributed by atoms with van der Waals surface area (Å²) in [4.78, 5) is 15.9. The molecule has 2 aromatic carbocycles. The number of pyridine rings is 1. The molecule has 1 aromatic heterocycles. The summed E-state index contributed by atoms with van der Waals surface area (Å²) < 4.78 is 32.1. The van der Waals surface area contributed by atoms with Crippen molar-refractivity contribution in [3.05, 3.63) is 83.2 Å². The average molecular weight is 426 g/mol. The molecule has 0 aliphatic rings. The first-order valence-electron chi connectivity index (χ1n) is 9.13. The Bertz CT molecular complexity index is 1160. The summed E-state index contributed by atoms with van der Waals surface area (Å²) >= 11 is 0. The van der Waals surface area contributed by atoms with Gasteiger partial charge in [0.25, 0.3) is 0 Å². The van der Waals surface area contributed by atoms with Crippen LogP contribution in [0.3, 0.4) is 0 Å². The summed E-state index contributed by atoms with van der Waals surface area (Å²) in [7, 11) is -2.45. The Morgan fingerprint density at radius 1 is 1.13 bits per heavy atom. The third kappa shape index (κ3) is 4.28. The number of carboxylic acids is 1.